The zero-order valence-corrected chi connectivity index (χ0v) is 27.6. The molecule has 0 bridgehead atoms. The average molecular weight is 605 g/mol. The van der Waals surface area contributed by atoms with Crippen LogP contribution in [0.15, 0.2) is 122 Å². The molecule has 4 nitrogen and oxygen atoms in total. The topological polar surface area (TPSA) is 74.6 Å². The van der Waals surface area contributed by atoms with Crippen LogP contribution in [0, 0.1) is 0 Å². The summed E-state index contributed by atoms with van der Waals surface area (Å²) in [5.41, 5.74) is 0. The van der Waals surface area contributed by atoms with Gasteiger partial charge in [0.2, 0.25) is 0 Å². The summed E-state index contributed by atoms with van der Waals surface area (Å²) < 4.78 is 0. The van der Waals surface area contributed by atoms with Crippen molar-refractivity contribution in [2.45, 2.75) is 117 Å². The molecular formula is C40H60O4. The number of hydrogen-bond acceptors (Lipinski definition) is 2. The molecule has 2 N–H and O–H groups in total. The second-order valence-electron chi connectivity index (χ2n) is 10.2. The van der Waals surface area contributed by atoms with Gasteiger partial charge in [0.05, 0.1) is 0 Å². The Labute approximate surface area is 269 Å². The van der Waals surface area contributed by atoms with Gasteiger partial charge in [-0.1, -0.05) is 168 Å². The highest BCUT2D eigenvalue weighted by Crippen LogP contribution is 2.08. The first-order valence-electron chi connectivity index (χ1n) is 16.6. The monoisotopic (exact) mass is 604 g/mol. The van der Waals surface area contributed by atoms with Gasteiger partial charge < -0.3 is 10.2 Å². The zero-order chi connectivity index (χ0) is 32.6. The van der Waals surface area contributed by atoms with E-state index in [1.54, 1.807) is 12.2 Å². The zero-order valence-electron chi connectivity index (χ0n) is 27.6. The van der Waals surface area contributed by atoms with Gasteiger partial charge in [0, 0.05) is 12.5 Å². The lowest BCUT2D eigenvalue weighted by Gasteiger charge is -1.98. The van der Waals surface area contributed by atoms with Crippen LogP contribution in [-0.2, 0) is 9.59 Å². The molecule has 0 rings (SSSR count). The third-order valence-electron chi connectivity index (χ3n) is 6.05. The maximum atomic E-state index is 10.3. The summed E-state index contributed by atoms with van der Waals surface area (Å²) in [5.74, 6) is -1.65. The first kappa shape index (κ1) is 42.5. The fourth-order valence-electron chi connectivity index (χ4n) is 3.66. The molecule has 0 unspecified atom stereocenters. The van der Waals surface area contributed by atoms with Crippen molar-refractivity contribution in [3.8, 4) is 0 Å². The summed E-state index contributed by atoms with van der Waals surface area (Å²) in [6, 6.07) is 0. The highest BCUT2D eigenvalue weighted by molar-refractivity contribution is 5.80. The summed E-state index contributed by atoms with van der Waals surface area (Å²) in [6.45, 7) is 4.39. The first-order valence-corrected chi connectivity index (χ1v) is 16.6. The van der Waals surface area contributed by atoms with E-state index >= 15 is 0 Å². The van der Waals surface area contributed by atoms with Gasteiger partial charge in [0.15, 0.2) is 0 Å². The van der Waals surface area contributed by atoms with E-state index in [-0.39, 0.29) is 6.42 Å². The van der Waals surface area contributed by atoms with Gasteiger partial charge in [-0.15, -0.1) is 0 Å². The second kappa shape index (κ2) is 39.3. The van der Waals surface area contributed by atoms with Crippen molar-refractivity contribution in [1.29, 1.82) is 0 Å². The molecule has 0 amide bonds. The molecule has 0 atom stereocenters. The van der Waals surface area contributed by atoms with Gasteiger partial charge in [-0.2, -0.15) is 0 Å². The van der Waals surface area contributed by atoms with E-state index in [0.29, 0.717) is 0 Å². The minimum Gasteiger partial charge on any atom is -0.481 e. The molecule has 0 heterocycles. The number of hydrogen-bond donors (Lipinski definition) is 2. The number of carboxylic acids is 2. The van der Waals surface area contributed by atoms with Crippen molar-refractivity contribution in [1.82, 2.24) is 0 Å². The third kappa shape index (κ3) is 45.3. The Hall–Kier alpha value is -3.66. The molecule has 0 saturated carbocycles. The molecule has 0 aliphatic heterocycles. The fraction of sp³-hybridized carbons (Fsp3) is 0.450. The molecule has 0 aliphatic rings. The highest BCUT2D eigenvalue weighted by atomic mass is 16.4. The second-order valence-corrected chi connectivity index (χ2v) is 10.2. The summed E-state index contributed by atoms with van der Waals surface area (Å²) in [7, 11) is 0. The molecule has 0 aromatic carbocycles. The molecule has 0 fully saturated rings. The van der Waals surface area contributed by atoms with Gasteiger partial charge in [-0.05, 0) is 57.8 Å². The van der Waals surface area contributed by atoms with Crippen molar-refractivity contribution in [2.75, 3.05) is 0 Å². The number of carboxylic acid groups (broad SMARTS) is 2. The predicted octanol–water partition coefficient (Wildman–Crippen LogP) is 12.0. The minimum absolute atomic E-state index is 0.258. The molecule has 244 valence electrons. The lowest BCUT2D eigenvalue weighted by Crippen LogP contribution is -1.92. The Balaban J connectivity index is 0. The van der Waals surface area contributed by atoms with E-state index in [1.807, 2.05) is 24.3 Å². The molecule has 0 saturated heterocycles. The Bertz CT molecular complexity index is 952. The van der Waals surface area contributed by atoms with E-state index in [2.05, 4.69) is 86.8 Å². The molecular weight excluding hydrogens is 544 g/mol. The molecule has 0 aliphatic carbocycles. The molecule has 0 spiro atoms. The smallest absolute Gasteiger partial charge is 0.328 e. The number of allylic oxidation sites excluding steroid dienone is 19. The van der Waals surface area contributed by atoms with Crippen LogP contribution in [0.1, 0.15) is 117 Å². The van der Waals surface area contributed by atoms with Gasteiger partial charge in [0.1, 0.15) is 0 Å². The van der Waals surface area contributed by atoms with Crippen LogP contribution < -0.4 is 0 Å². The number of aliphatic carboxylic acids is 2. The number of carbonyl (C=O) groups is 2. The normalized spacial score (nSPS) is 12.8. The van der Waals surface area contributed by atoms with Crippen molar-refractivity contribution < 1.29 is 19.8 Å². The average Bonchev–Trinajstić information content (AvgIpc) is 3.00. The van der Waals surface area contributed by atoms with Crippen molar-refractivity contribution >= 4 is 11.9 Å². The Morgan fingerprint density at radius 2 is 0.886 bits per heavy atom. The molecule has 44 heavy (non-hydrogen) atoms. The Morgan fingerprint density at radius 3 is 1.39 bits per heavy atom. The van der Waals surface area contributed by atoms with E-state index in [0.717, 1.165) is 57.4 Å². The highest BCUT2D eigenvalue weighted by Gasteiger charge is 1.92. The number of rotatable bonds is 26. The van der Waals surface area contributed by atoms with E-state index in [4.69, 9.17) is 10.2 Å². The van der Waals surface area contributed by atoms with Crippen LogP contribution in [0.4, 0.5) is 0 Å². The van der Waals surface area contributed by atoms with Crippen LogP contribution in [0.3, 0.4) is 0 Å². The van der Waals surface area contributed by atoms with Gasteiger partial charge in [-0.3, -0.25) is 4.79 Å². The lowest BCUT2D eigenvalue weighted by atomic mass is 10.1. The first-order chi connectivity index (χ1) is 21.5. The predicted molar refractivity (Wildman–Crippen MR) is 192 cm³/mol. The van der Waals surface area contributed by atoms with E-state index in [1.165, 1.54) is 51.0 Å². The summed E-state index contributed by atoms with van der Waals surface area (Å²) >= 11 is 0. The standard InChI is InChI=1S/2C20H30O2/c2*1-2-3-4-5-6-7-8-9-10-11-12-13-14-15-16-17-18-19-20(21)22/h10-19H,2-9H2,1H3,(H,21,22);3-4,6-7,9-10,12-13,15-16H,2,5,8,11,14,17-19H2,1H3,(H,21,22). The fourth-order valence-corrected chi connectivity index (χ4v) is 3.66. The van der Waals surface area contributed by atoms with Crippen LogP contribution in [0.25, 0.3) is 0 Å². The maximum absolute atomic E-state index is 10.3. The van der Waals surface area contributed by atoms with E-state index in [9.17, 15) is 9.59 Å². The van der Waals surface area contributed by atoms with Crippen molar-refractivity contribution in [3.63, 3.8) is 0 Å². The summed E-state index contributed by atoms with van der Waals surface area (Å²) in [5, 5.41) is 16.9. The van der Waals surface area contributed by atoms with Crippen molar-refractivity contribution in [2.24, 2.45) is 0 Å². The van der Waals surface area contributed by atoms with Gasteiger partial charge in [-0.25, -0.2) is 4.79 Å². The van der Waals surface area contributed by atoms with Crippen LogP contribution in [0.2, 0.25) is 0 Å². The van der Waals surface area contributed by atoms with Crippen molar-refractivity contribution in [3.05, 3.63) is 122 Å². The Kier molecular flexibility index (Phi) is 38.0. The molecule has 0 aromatic heterocycles. The summed E-state index contributed by atoms with van der Waals surface area (Å²) in [4.78, 5) is 20.5. The largest absolute Gasteiger partial charge is 0.481 e. The van der Waals surface area contributed by atoms with Crippen LogP contribution >= 0.6 is 0 Å². The minimum atomic E-state index is -0.931. The molecule has 0 radical (unpaired) electrons. The third-order valence-corrected chi connectivity index (χ3v) is 6.05. The van der Waals surface area contributed by atoms with E-state index < -0.39 is 11.9 Å². The Morgan fingerprint density at radius 1 is 0.455 bits per heavy atom. The van der Waals surface area contributed by atoms with Gasteiger partial charge >= 0.3 is 11.9 Å². The number of unbranched alkanes of at least 4 members (excludes halogenated alkanes) is 8. The SMILES string of the molecule is CCC=CCC=CCC=CCC=CCC=CCCCC(=O)O.CCCCCCCCCC=CC=CC=CC=CC=CC(=O)O. The van der Waals surface area contributed by atoms with Crippen LogP contribution in [0.5, 0.6) is 0 Å². The maximum Gasteiger partial charge on any atom is 0.328 e. The van der Waals surface area contributed by atoms with Crippen LogP contribution in [-0.4, -0.2) is 22.2 Å². The summed E-state index contributed by atoms with van der Waals surface area (Å²) in [6.07, 6.45) is 57.2. The van der Waals surface area contributed by atoms with Gasteiger partial charge in [0.25, 0.3) is 0 Å². The lowest BCUT2D eigenvalue weighted by molar-refractivity contribution is -0.137. The molecule has 0 aromatic rings. The molecule has 4 heteroatoms. The quantitative estimate of drug-likeness (QED) is 0.0446.